The first-order chi connectivity index (χ1) is 8.46. The molecule has 0 atom stereocenters. The van der Waals surface area contributed by atoms with E-state index in [9.17, 15) is 12.8 Å². The topological polar surface area (TPSA) is 37.4 Å². The van der Waals surface area contributed by atoms with Crippen LogP contribution in [0.4, 0.5) is 4.39 Å². The maximum absolute atomic E-state index is 13.7. The molecule has 0 aliphatic heterocycles. The third kappa shape index (κ3) is 2.39. The fraction of sp³-hybridized carbons (Fsp3) is 0.500. The normalized spacial score (nSPS) is 16.9. The highest BCUT2D eigenvalue weighted by Gasteiger charge is 2.33. The number of nitrogens with zero attached hydrogens (tertiary/aromatic N) is 1. The van der Waals surface area contributed by atoms with Crippen molar-refractivity contribution in [3.63, 3.8) is 0 Å². The lowest BCUT2D eigenvalue weighted by Gasteiger charge is -2.33. The van der Waals surface area contributed by atoms with E-state index in [0.29, 0.717) is 5.56 Å². The molecule has 0 aromatic heterocycles. The smallest absolute Gasteiger partial charge is 0.207 e. The van der Waals surface area contributed by atoms with E-state index in [-0.39, 0.29) is 16.8 Å². The number of hydrogen-bond donors (Lipinski definition) is 0. The second-order valence-electron chi connectivity index (χ2n) is 4.50. The molecule has 0 heterocycles. The fourth-order valence-electron chi connectivity index (χ4n) is 1.93. The Kier molecular flexibility index (Phi) is 3.94. The third-order valence-corrected chi connectivity index (χ3v) is 5.63. The standard InChI is InChI=1S/C12H15ClFNO2S/c1-15(10-3-2-4-10)18(16,17)12-7-9(8-13)5-6-11(12)14/h5-7,10H,2-4,8H2,1H3. The summed E-state index contributed by atoms with van der Waals surface area (Å²) in [5, 5.41) is 0. The fourth-order valence-corrected chi connectivity index (χ4v) is 3.62. The zero-order valence-electron chi connectivity index (χ0n) is 10.1. The molecule has 1 aliphatic rings. The minimum atomic E-state index is -3.76. The van der Waals surface area contributed by atoms with Gasteiger partial charge in [-0.05, 0) is 30.5 Å². The van der Waals surface area contributed by atoms with Crippen LogP contribution >= 0.6 is 11.6 Å². The van der Waals surface area contributed by atoms with Crippen LogP contribution in [-0.4, -0.2) is 25.8 Å². The average molecular weight is 292 g/mol. The summed E-state index contributed by atoms with van der Waals surface area (Å²) < 4.78 is 39.6. The van der Waals surface area contributed by atoms with Gasteiger partial charge in [-0.3, -0.25) is 0 Å². The van der Waals surface area contributed by atoms with Gasteiger partial charge >= 0.3 is 0 Å². The van der Waals surface area contributed by atoms with Crippen molar-refractivity contribution in [3.8, 4) is 0 Å². The molecule has 1 fully saturated rings. The number of rotatable bonds is 4. The zero-order chi connectivity index (χ0) is 13.3. The molecule has 0 radical (unpaired) electrons. The molecule has 0 amide bonds. The van der Waals surface area contributed by atoms with E-state index >= 15 is 0 Å². The van der Waals surface area contributed by atoms with Crippen molar-refractivity contribution in [2.45, 2.75) is 36.1 Å². The number of alkyl halides is 1. The van der Waals surface area contributed by atoms with Gasteiger partial charge in [-0.1, -0.05) is 12.5 Å². The maximum atomic E-state index is 13.7. The van der Waals surface area contributed by atoms with Gasteiger partial charge in [0.25, 0.3) is 0 Å². The molecule has 0 saturated heterocycles. The second-order valence-corrected chi connectivity index (χ2v) is 6.74. The monoisotopic (exact) mass is 291 g/mol. The van der Waals surface area contributed by atoms with E-state index in [4.69, 9.17) is 11.6 Å². The Morgan fingerprint density at radius 1 is 1.44 bits per heavy atom. The van der Waals surface area contributed by atoms with Crippen LogP contribution in [0.25, 0.3) is 0 Å². The lowest BCUT2D eigenvalue weighted by Crippen LogP contribution is -2.41. The van der Waals surface area contributed by atoms with Crippen LogP contribution in [0.3, 0.4) is 0 Å². The Morgan fingerprint density at radius 3 is 2.61 bits per heavy atom. The summed E-state index contributed by atoms with van der Waals surface area (Å²) in [6.45, 7) is 0. The van der Waals surface area contributed by atoms with Gasteiger partial charge in [-0.2, -0.15) is 4.31 Å². The van der Waals surface area contributed by atoms with Crippen molar-refractivity contribution < 1.29 is 12.8 Å². The predicted octanol–water partition coefficient (Wildman–Crippen LogP) is 2.74. The number of hydrogen-bond acceptors (Lipinski definition) is 2. The molecule has 100 valence electrons. The van der Waals surface area contributed by atoms with Crippen molar-refractivity contribution in [2.24, 2.45) is 0 Å². The molecule has 0 spiro atoms. The molecule has 2 rings (SSSR count). The summed E-state index contributed by atoms with van der Waals surface area (Å²) in [7, 11) is -2.26. The molecule has 1 aromatic carbocycles. The molecule has 1 aromatic rings. The van der Waals surface area contributed by atoms with Gasteiger partial charge < -0.3 is 0 Å². The summed E-state index contributed by atoms with van der Waals surface area (Å²) in [5.74, 6) is -0.564. The summed E-state index contributed by atoms with van der Waals surface area (Å²) in [4.78, 5) is -0.282. The van der Waals surface area contributed by atoms with Crippen LogP contribution in [0.15, 0.2) is 23.1 Å². The van der Waals surface area contributed by atoms with Crippen LogP contribution in [0.2, 0.25) is 0 Å². The first-order valence-corrected chi connectivity index (χ1v) is 7.76. The van der Waals surface area contributed by atoms with Gasteiger partial charge in [0, 0.05) is 19.0 Å². The Hall–Kier alpha value is -0.650. The van der Waals surface area contributed by atoms with Gasteiger partial charge in [0.15, 0.2) is 0 Å². The predicted molar refractivity (Wildman–Crippen MR) is 68.5 cm³/mol. The van der Waals surface area contributed by atoms with E-state index in [1.807, 2.05) is 0 Å². The van der Waals surface area contributed by atoms with E-state index in [2.05, 4.69) is 0 Å². The Labute approximate surface area is 112 Å². The Morgan fingerprint density at radius 2 is 2.11 bits per heavy atom. The minimum absolute atomic E-state index is 0.00550. The van der Waals surface area contributed by atoms with Crippen LogP contribution < -0.4 is 0 Å². The van der Waals surface area contributed by atoms with E-state index in [1.165, 1.54) is 23.5 Å². The van der Waals surface area contributed by atoms with Crippen molar-refractivity contribution in [2.75, 3.05) is 7.05 Å². The molecule has 0 bridgehead atoms. The van der Waals surface area contributed by atoms with Gasteiger partial charge in [0.05, 0.1) is 0 Å². The van der Waals surface area contributed by atoms with Crippen molar-refractivity contribution in [1.29, 1.82) is 0 Å². The highest BCUT2D eigenvalue weighted by molar-refractivity contribution is 7.89. The number of benzene rings is 1. The molecule has 1 saturated carbocycles. The van der Waals surface area contributed by atoms with Gasteiger partial charge in [0.1, 0.15) is 10.7 Å². The van der Waals surface area contributed by atoms with Gasteiger partial charge in [-0.15, -0.1) is 11.6 Å². The number of sulfonamides is 1. The van der Waals surface area contributed by atoms with Crippen LogP contribution in [0, 0.1) is 5.82 Å². The van der Waals surface area contributed by atoms with Crippen LogP contribution in [0.5, 0.6) is 0 Å². The highest BCUT2D eigenvalue weighted by Crippen LogP contribution is 2.29. The van der Waals surface area contributed by atoms with Crippen LogP contribution in [-0.2, 0) is 15.9 Å². The summed E-state index contributed by atoms with van der Waals surface area (Å²) >= 11 is 5.65. The lowest BCUT2D eigenvalue weighted by molar-refractivity contribution is 0.249. The molecule has 0 unspecified atom stereocenters. The molecule has 3 nitrogen and oxygen atoms in total. The summed E-state index contributed by atoms with van der Waals surface area (Å²) in [6.07, 6.45) is 2.70. The van der Waals surface area contributed by atoms with E-state index in [1.54, 1.807) is 0 Å². The molecule has 1 aliphatic carbocycles. The minimum Gasteiger partial charge on any atom is -0.207 e. The lowest BCUT2D eigenvalue weighted by atomic mass is 9.94. The molecule has 0 N–H and O–H groups in total. The third-order valence-electron chi connectivity index (χ3n) is 3.40. The molecule has 18 heavy (non-hydrogen) atoms. The number of halogens is 2. The Balaban J connectivity index is 2.39. The first-order valence-electron chi connectivity index (χ1n) is 5.79. The highest BCUT2D eigenvalue weighted by atomic mass is 35.5. The molecular formula is C12H15ClFNO2S. The largest absolute Gasteiger partial charge is 0.245 e. The average Bonchev–Trinajstić information content (AvgIpc) is 2.27. The quantitative estimate of drug-likeness (QED) is 0.800. The van der Waals surface area contributed by atoms with E-state index < -0.39 is 15.8 Å². The zero-order valence-corrected chi connectivity index (χ0v) is 11.6. The van der Waals surface area contributed by atoms with Crippen molar-refractivity contribution in [3.05, 3.63) is 29.6 Å². The van der Waals surface area contributed by atoms with Gasteiger partial charge in [0.2, 0.25) is 10.0 Å². The Bertz CT molecular complexity index is 543. The summed E-state index contributed by atoms with van der Waals surface area (Å²) in [6, 6.07) is 3.95. The van der Waals surface area contributed by atoms with Crippen LogP contribution in [0.1, 0.15) is 24.8 Å². The van der Waals surface area contributed by atoms with Gasteiger partial charge in [-0.25, -0.2) is 12.8 Å². The van der Waals surface area contributed by atoms with Crippen molar-refractivity contribution in [1.82, 2.24) is 4.31 Å². The van der Waals surface area contributed by atoms with Crippen molar-refractivity contribution >= 4 is 21.6 Å². The maximum Gasteiger partial charge on any atom is 0.245 e. The first kappa shape index (κ1) is 13.8. The van der Waals surface area contributed by atoms with E-state index in [0.717, 1.165) is 25.3 Å². The summed E-state index contributed by atoms with van der Waals surface area (Å²) in [5.41, 5.74) is 0.596. The second kappa shape index (κ2) is 5.15. The molecule has 6 heteroatoms. The molecular weight excluding hydrogens is 277 g/mol. The SMILES string of the molecule is CN(C1CCC1)S(=O)(=O)c1cc(CCl)ccc1F.